The number of rotatable bonds is 4. The SMILES string of the molecule is O=Cc1cc(F)c(C=O)c(OC(F)F)c1. The largest absolute Gasteiger partial charge is 0.434 e. The van der Waals surface area contributed by atoms with E-state index < -0.39 is 23.7 Å². The summed E-state index contributed by atoms with van der Waals surface area (Å²) in [5, 5.41) is 0. The summed E-state index contributed by atoms with van der Waals surface area (Å²) >= 11 is 0. The predicted molar refractivity (Wildman–Crippen MR) is 43.8 cm³/mol. The fourth-order valence-corrected chi connectivity index (χ4v) is 0.988. The van der Waals surface area contributed by atoms with Gasteiger partial charge in [0, 0.05) is 5.56 Å². The molecule has 0 aromatic heterocycles. The van der Waals surface area contributed by atoms with Crippen LogP contribution in [-0.4, -0.2) is 19.2 Å². The monoisotopic (exact) mass is 218 g/mol. The Bertz CT molecular complexity index is 390. The number of alkyl halides is 2. The Hall–Kier alpha value is -1.85. The third-order valence-corrected chi connectivity index (χ3v) is 1.58. The molecule has 1 aromatic carbocycles. The van der Waals surface area contributed by atoms with Crippen LogP contribution in [-0.2, 0) is 0 Å². The normalized spacial score (nSPS) is 10.1. The molecule has 1 rings (SSSR count). The fourth-order valence-electron chi connectivity index (χ4n) is 0.988. The number of aldehydes is 2. The first-order valence-corrected chi connectivity index (χ1v) is 3.77. The average Bonchev–Trinajstić information content (AvgIpc) is 2.16. The number of hydrogen-bond acceptors (Lipinski definition) is 3. The second-order valence-electron chi connectivity index (χ2n) is 2.53. The van der Waals surface area contributed by atoms with Gasteiger partial charge in [0.15, 0.2) is 6.29 Å². The van der Waals surface area contributed by atoms with Crippen LogP contribution in [0.4, 0.5) is 13.2 Å². The van der Waals surface area contributed by atoms with Crippen LogP contribution in [0.5, 0.6) is 5.75 Å². The first-order valence-electron chi connectivity index (χ1n) is 3.77. The molecule has 0 aliphatic rings. The van der Waals surface area contributed by atoms with Gasteiger partial charge in [0.2, 0.25) is 0 Å². The third kappa shape index (κ3) is 2.55. The Labute approximate surface area is 82.5 Å². The first-order chi connectivity index (χ1) is 7.08. The Morgan fingerprint density at radius 2 is 1.87 bits per heavy atom. The van der Waals surface area contributed by atoms with Gasteiger partial charge >= 0.3 is 6.61 Å². The van der Waals surface area contributed by atoms with Crippen molar-refractivity contribution in [2.75, 3.05) is 0 Å². The van der Waals surface area contributed by atoms with Crippen molar-refractivity contribution in [3.05, 3.63) is 29.1 Å². The Kier molecular flexibility index (Phi) is 3.43. The van der Waals surface area contributed by atoms with Gasteiger partial charge in [-0.15, -0.1) is 0 Å². The van der Waals surface area contributed by atoms with Gasteiger partial charge in [-0.05, 0) is 12.1 Å². The van der Waals surface area contributed by atoms with E-state index in [2.05, 4.69) is 4.74 Å². The van der Waals surface area contributed by atoms with Crippen LogP contribution in [0.3, 0.4) is 0 Å². The van der Waals surface area contributed by atoms with E-state index in [9.17, 15) is 22.8 Å². The van der Waals surface area contributed by atoms with Crippen LogP contribution in [0.2, 0.25) is 0 Å². The molecule has 0 saturated heterocycles. The van der Waals surface area contributed by atoms with Crippen LogP contribution in [0, 0.1) is 5.82 Å². The van der Waals surface area contributed by atoms with Gasteiger partial charge in [0.05, 0.1) is 5.56 Å². The molecule has 0 aliphatic carbocycles. The summed E-state index contributed by atoms with van der Waals surface area (Å²) in [6, 6.07) is 1.63. The third-order valence-electron chi connectivity index (χ3n) is 1.58. The van der Waals surface area contributed by atoms with Gasteiger partial charge in [0.25, 0.3) is 0 Å². The minimum atomic E-state index is -3.19. The van der Waals surface area contributed by atoms with Crippen LogP contribution < -0.4 is 4.74 Å². The van der Waals surface area contributed by atoms with Crippen molar-refractivity contribution in [1.29, 1.82) is 0 Å². The molecular formula is C9H5F3O3. The zero-order chi connectivity index (χ0) is 11.4. The first kappa shape index (κ1) is 11.2. The maximum absolute atomic E-state index is 13.0. The molecule has 0 heterocycles. The van der Waals surface area contributed by atoms with Crippen molar-refractivity contribution in [3.8, 4) is 5.75 Å². The van der Waals surface area contributed by atoms with E-state index in [1.54, 1.807) is 0 Å². The highest BCUT2D eigenvalue weighted by atomic mass is 19.3. The molecule has 0 spiro atoms. The van der Waals surface area contributed by atoms with E-state index in [1.807, 2.05) is 0 Å². The highest BCUT2D eigenvalue weighted by Gasteiger charge is 2.14. The van der Waals surface area contributed by atoms with Crippen LogP contribution in [0.25, 0.3) is 0 Å². The van der Waals surface area contributed by atoms with Crippen molar-refractivity contribution < 1.29 is 27.5 Å². The van der Waals surface area contributed by atoms with Crippen molar-refractivity contribution >= 4 is 12.6 Å². The number of halogens is 3. The molecule has 80 valence electrons. The maximum Gasteiger partial charge on any atom is 0.387 e. The quantitative estimate of drug-likeness (QED) is 0.726. The molecule has 0 aliphatic heterocycles. The molecule has 6 heteroatoms. The lowest BCUT2D eigenvalue weighted by molar-refractivity contribution is -0.0502. The molecule has 0 amide bonds. The summed E-state index contributed by atoms with van der Waals surface area (Å²) in [6.07, 6.45) is 0.303. The summed E-state index contributed by atoms with van der Waals surface area (Å²) in [5.41, 5.74) is -0.824. The van der Waals surface area contributed by atoms with Gasteiger partial charge in [0.1, 0.15) is 17.9 Å². The molecular weight excluding hydrogens is 213 g/mol. The van der Waals surface area contributed by atoms with Gasteiger partial charge in [-0.25, -0.2) is 4.39 Å². The molecule has 0 fully saturated rings. The van der Waals surface area contributed by atoms with Gasteiger partial charge < -0.3 is 4.74 Å². The lowest BCUT2D eigenvalue weighted by atomic mass is 10.1. The van der Waals surface area contributed by atoms with E-state index >= 15 is 0 Å². The van der Waals surface area contributed by atoms with Crippen molar-refractivity contribution in [1.82, 2.24) is 0 Å². The molecule has 15 heavy (non-hydrogen) atoms. The fraction of sp³-hybridized carbons (Fsp3) is 0.111. The summed E-state index contributed by atoms with van der Waals surface area (Å²) in [4.78, 5) is 20.7. The molecule has 0 atom stereocenters. The van der Waals surface area contributed by atoms with E-state index in [0.29, 0.717) is 0 Å². The zero-order valence-corrected chi connectivity index (χ0v) is 7.25. The summed E-state index contributed by atoms with van der Waals surface area (Å²) < 4.78 is 40.6. The minimum absolute atomic E-state index is 0.0433. The number of ether oxygens (including phenoxy) is 1. The maximum atomic E-state index is 13.0. The number of benzene rings is 1. The lowest BCUT2D eigenvalue weighted by Gasteiger charge is -2.08. The standard InChI is InChI=1S/C9H5F3O3/c10-7-1-5(3-13)2-8(6(7)4-14)15-9(11)12/h1-4,9H. The second-order valence-corrected chi connectivity index (χ2v) is 2.53. The van der Waals surface area contributed by atoms with E-state index in [4.69, 9.17) is 0 Å². The smallest absolute Gasteiger partial charge is 0.387 e. The number of carbonyl (C=O) groups excluding carboxylic acids is 2. The van der Waals surface area contributed by atoms with Crippen LogP contribution in [0.15, 0.2) is 12.1 Å². The average molecular weight is 218 g/mol. The lowest BCUT2D eigenvalue weighted by Crippen LogP contribution is -2.06. The predicted octanol–water partition coefficient (Wildman–Crippen LogP) is 2.05. The highest BCUT2D eigenvalue weighted by Crippen LogP contribution is 2.23. The summed E-state index contributed by atoms with van der Waals surface area (Å²) in [7, 11) is 0. The molecule has 0 N–H and O–H groups in total. The molecule has 0 saturated carbocycles. The molecule has 3 nitrogen and oxygen atoms in total. The van der Waals surface area contributed by atoms with E-state index in [1.165, 1.54) is 0 Å². The zero-order valence-electron chi connectivity index (χ0n) is 7.25. The molecule has 0 unspecified atom stereocenters. The highest BCUT2D eigenvalue weighted by molar-refractivity contribution is 5.84. The number of hydrogen-bond donors (Lipinski definition) is 0. The summed E-state index contributed by atoms with van der Waals surface area (Å²) in [5.74, 6) is -1.73. The van der Waals surface area contributed by atoms with Gasteiger partial charge in [-0.3, -0.25) is 9.59 Å². The molecule has 1 aromatic rings. The van der Waals surface area contributed by atoms with Crippen molar-refractivity contribution in [3.63, 3.8) is 0 Å². The van der Waals surface area contributed by atoms with Crippen LogP contribution >= 0.6 is 0 Å². The van der Waals surface area contributed by atoms with Crippen molar-refractivity contribution in [2.45, 2.75) is 6.61 Å². The molecule has 0 bridgehead atoms. The van der Waals surface area contributed by atoms with Gasteiger partial charge in [-0.2, -0.15) is 8.78 Å². The number of carbonyl (C=O) groups is 2. The molecule has 0 radical (unpaired) electrons. The van der Waals surface area contributed by atoms with Crippen molar-refractivity contribution in [2.24, 2.45) is 0 Å². The Balaban J connectivity index is 3.25. The second kappa shape index (κ2) is 4.59. The topological polar surface area (TPSA) is 43.4 Å². The van der Waals surface area contributed by atoms with Crippen LogP contribution in [0.1, 0.15) is 20.7 Å². The summed E-state index contributed by atoms with van der Waals surface area (Å²) in [6.45, 7) is -3.19. The minimum Gasteiger partial charge on any atom is -0.434 e. The van der Waals surface area contributed by atoms with E-state index in [0.717, 1.165) is 12.1 Å². The van der Waals surface area contributed by atoms with E-state index in [-0.39, 0.29) is 18.1 Å². The Morgan fingerprint density at radius 1 is 1.20 bits per heavy atom. The van der Waals surface area contributed by atoms with Gasteiger partial charge in [-0.1, -0.05) is 0 Å². The Morgan fingerprint density at radius 3 is 2.33 bits per heavy atom.